The van der Waals surface area contributed by atoms with Crippen LogP contribution in [-0.2, 0) is 11.3 Å². The van der Waals surface area contributed by atoms with E-state index in [2.05, 4.69) is 27.1 Å². The van der Waals surface area contributed by atoms with Crippen molar-refractivity contribution in [2.24, 2.45) is 0 Å². The summed E-state index contributed by atoms with van der Waals surface area (Å²) in [4.78, 5) is 4.58. The summed E-state index contributed by atoms with van der Waals surface area (Å²) < 4.78 is 17.2. The van der Waals surface area contributed by atoms with Crippen LogP contribution in [0.3, 0.4) is 0 Å². The first kappa shape index (κ1) is 26.2. The molecule has 1 aliphatic rings. The molecule has 1 atom stereocenters. The van der Waals surface area contributed by atoms with Crippen molar-refractivity contribution in [3.8, 4) is 17.0 Å². The van der Waals surface area contributed by atoms with Crippen LogP contribution in [0.2, 0.25) is 0 Å². The standard InChI is InChI=1S/C29H39N3O4/c1-23-12-7-8-15-27(23)35-22-25(33)20-31(16-11-19-34-2)21-26-28(24-13-5-3-6-14-24)30-36-29(26)32-17-9-4-10-18-32/h3,5-8,12-15,25,33H,4,9-11,16-22H2,1-2H3. The van der Waals surface area contributed by atoms with Crippen molar-refractivity contribution in [2.75, 3.05) is 51.4 Å². The van der Waals surface area contributed by atoms with E-state index in [9.17, 15) is 5.11 Å². The minimum Gasteiger partial charge on any atom is -0.491 e. The van der Waals surface area contributed by atoms with E-state index in [1.165, 1.54) is 6.42 Å². The molecule has 0 amide bonds. The molecule has 4 rings (SSSR count). The molecule has 1 saturated heterocycles. The highest BCUT2D eigenvalue weighted by Crippen LogP contribution is 2.34. The average Bonchev–Trinajstić information content (AvgIpc) is 3.32. The number of aryl methyl sites for hydroxylation is 1. The second-order valence-electron chi connectivity index (χ2n) is 9.54. The van der Waals surface area contributed by atoms with E-state index in [1.54, 1.807) is 7.11 Å². The minimum atomic E-state index is -0.634. The van der Waals surface area contributed by atoms with Crippen LogP contribution in [0.25, 0.3) is 11.3 Å². The lowest BCUT2D eigenvalue weighted by Gasteiger charge is -2.29. The smallest absolute Gasteiger partial charge is 0.232 e. The first-order valence-corrected chi connectivity index (χ1v) is 13.0. The zero-order valence-electron chi connectivity index (χ0n) is 21.6. The summed E-state index contributed by atoms with van der Waals surface area (Å²) in [6.45, 7) is 6.77. The van der Waals surface area contributed by atoms with Crippen LogP contribution in [-0.4, -0.2) is 67.8 Å². The largest absolute Gasteiger partial charge is 0.491 e. The fourth-order valence-corrected chi connectivity index (χ4v) is 4.76. The molecule has 36 heavy (non-hydrogen) atoms. The molecule has 0 spiro atoms. The summed E-state index contributed by atoms with van der Waals surface area (Å²) in [6, 6.07) is 18.1. The molecule has 2 heterocycles. The highest BCUT2D eigenvalue weighted by Gasteiger charge is 2.26. The maximum absolute atomic E-state index is 10.9. The summed E-state index contributed by atoms with van der Waals surface area (Å²) in [5, 5.41) is 15.4. The second-order valence-corrected chi connectivity index (χ2v) is 9.54. The van der Waals surface area contributed by atoms with Crippen LogP contribution < -0.4 is 9.64 Å². The van der Waals surface area contributed by atoms with Crippen molar-refractivity contribution >= 4 is 5.88 Å². The number of hydrogen-bond donors (Lipinski definition) is 1. The number of aliphatic hydroxyl groups is 1. The quantitative estimate of drug-likeness (QED) is 0.339. The fourth-order valence-electron chi connectivity index (χ4n) is 4.76. The van der Waals surface area contributed by atoms with Gasteiger partial charge in [-0.2, -0.15) is 0 Å². The molecule has 7 heteroatoms. The highest BCUT2D eigenvalue weighted by atomic mass is 16.5. The van der Waals surface area contributed by atoms with Crippen LogP contribution in [0.15, 0.2) is 59.1 Å². The van der Waals surface area contributed by atoms with Crippen molar-refractivity contribution in [3.63, 3.8) is 0 Å². The van der Waals surface area contributed by atoms with Crippen molar-refractivity contribution in [1.29, 1.82) is 0 Å². The van der Waals surface area contributed by atoms with Crippen LogP contribution in [0.5, 0.6) is 5.75 Å². The maximum Gasteiger partial charge on any atom is 0.232 e. The topological polar surface area (TPSA) is 71.2 Å². The minimum absolute atomic E-state index is 0.236. The first-order valence-electron chi connectivity index (χ1n) is 13.0. The molecule has 0 radical (unpaired) electrons. The Balaban J connectivity index is 1.53. The van der Waals surface area contributed by atoms with Crippen LogP contribution in [0.1, 0.15) is 36.8 Å². The number of hydrogen-bond acceptors (Lipinski definition) is 7. The van der Waals surface area contributed by atoms with Crippen LogP contribution in [0, 0.1) is 6.92 Å². The molecule has 0 saturated carbocycles. The predicted molar refractivity (Wildman–Crippen MR) is 142 cm³/mol. The Morgan fingerprint density at radius 1 is 1.06 bits per heavy atom. The lowest BCUT2D eigenvalue weighted by Crippen LogP contribution is -2.37. The molecular weight excluding hydrogens is 454 g/mol. The lowest BCUT2D eigenvalue weighted by molar-refractivity contribution is 0.0616. The summed E-state index contributed by atoms with van der Waals surface area (Å²) >= 11 is 0. The number of piperidine rings is 1. The monoisotopic (exact) mass is 493 g/mol. The van der Waals surface area contributed by atoms with Gasteiger partial charge < -0.3 is 24.0 Å². The number of ether oxygens (including phenoxy) is 2. The third kappa shape index (κ3) is 7.09. The number of benzene rings is 2. The number of nitrogens with zero attached hydrogens (tertiary/aromatic N) is 3. The average molecular weight is 494 g/mol. The van der Waals surface area contributed by atoms with E-state index in [0.29, 0.717) is 19.7 Å². The van der Waals surface area contributed by atoms with E-state index in [0.717, 1.165) is 72.9 Å². The Labute approximate surface area is 214 Å². The summed E-state index contributed by atoms with van der Waals surface area (Å²) in [6.07, 6.45) is 3.81. The molecule has 7 nitrogen and oxygen atoms in total. The van der Waals surface area contributed by atoms with Gasteiger partial charge in [0.25, 0.3) is 0 Å². The van der Waals surface area contributed by atoms with E-state index in [1.807, 2.05) is 49.4 Å². The van der Waals surface area contributed by atoms with Gasteiger partial charge in [0.1, 0.15) is 24.2 Å². The van der Waals surface area contributed by atoms with E-state index < -0.39 is 6.10 Å². The summed E-state index contributed by atoms with van der Waals surface area (Å²) in [7, 11) is 1.72. The van der Waals surface area contributed by atoms with Gasteiger partial charge in [0.2, 0.25) is 5.88 Å². The molecule has 1 fully saturated rings. The third-order valence-corrected chi connectivity index (χ3v) is 6.66. The van der Waals surface area contributed by atoms with Crippen LogP contribution in [0.4, 0.5) is 5.88 Å². The van der Waals surface area contributed by atoms with Gasteiger partial charge in [0.05, 0.1) is 5.56 Å². The SMILES string of the molecule is COCCCN(Cc1c(-c2ccccc2)noc1N1CCCCC1)CC(O)COc1ccccc1C. The van der Waals surface area contributed by atoms with E-state index in [4.69, 9.17) is 14.0 Å². The second kappa shape index (κ2) is 13.4. The molecular formula is C29H39N3O4. The molecule has 3 aromatic rings. The number of aromatic nitrogens is 1. The third-order valence-electron chi connectivity index (χ3n) is 6.66. The summed E-state index contributed by atoms with van der Waals surface area (Å²) in [5.41, 5.74) is 4.05. The number of methoxy groups -OCH3 is 1. The Hall–Kier alpha value is -2.87. The fraction of sp³-hybridized carbons (Fsp3) is 0.483. The first-order chi connectivity index (χ1) is 17.7. The Morgan fingerprint density at radius 2 is 1.81 bits per heavy atom. The van der Waals surface area contributed by atoms with Gasteiger partial charge >= 0.3 is 0 Å². The Kier molecular flexibility index (Phi) is 9.78. The molecule has 194 valence electrons. The molecule has 1 unspecified atom stereocenters. The zero-order chi connectivity index (χ0) is 25.2. The van der Waals surface area contributed by atoms with E-state index in [-0.39, 0.29) is 6.61 Å². The zero-order valence-corrected chi connectivity index (χ0v) is 21.6. The molecule has 0 bridgehead atoms. The van der Waals surface area contributed by atoms with Crippen molar-refractivity contribution in [3.05, 3.63) is 65.7 Å². The Morgan fingerprint density at radius 3 is 2.56 bits per heavy atom. The predicted octanol–water partition coefficient (Wildman–Crippen LogP) is 4.92. The van der Waals surface area contributed by atoms with Gasteiger partial charge in [0, 0.05) is 52.0 Å². The number of anilines is 1. The Bertz CT molecular complexity index is 1050. The van der Waals surface area contributed by atoms with Crippen molar-refractivity contribution in [1.82, 2.24) is 10.1 Å². The molecule has 1 N–H and O–H groups in total. The normalized spacial score (nSPS) is 14.8. The van der Waals surface area contributed by atoms with Gasteiger partial charge in [-0.05, 0) is 44.2 Å². The number of aliphatic hydroxyl groups excluding tert-OH is 1. The summed E-state index contributed by atoms with van der Waals surface area (Å²) in [5.74, 6) is 1.66. The molecule has 1 aromatic heterocycles. The lowest BCUT2D eigenvalue weighted by atomic mass is 10.1. The van der Waals surface area contributed by atoms with Gasteiger partial charge in [-0.15, -0.1) is 0 Å². The molecule has 1 aliphatic heterocycles. The van der Waals surface area contributed by atoms with Gasteiger partial charge in [-0.25, -0.2) is 0 Å². The van der Waals surface area contributed by atoms with Crippen molar-refractivity contribution < 1.29 is 19.1 Å². The van der Waals surface area contributed by atoms with Gasteiger partial charge in [-0.1, -0.05) is 53.7 Å². The highest BCUT2D eigenvalue weighted by molar-refractivity contribution is 5.68. The molecule has 2 aromatic carbocycles. The van der Waals surface area contributed by atoms with Crippen LogP contribution >= 0.6 is 0 Å². The molecule has 0 aliphatic carbocycles. The van der Waals surface area contributed by atoms with Gasteiger partial charge in [-0.3, -0.25) is 4.90 Å². The van der Waals surface area contributed by atoms with Gasteiger partial charge in [0.15, 0.2) is 0 Å². The van der Waals surface area contributed by atoms with Crippen molar-refractivity contribution in [2.45, 2.75) is 45.3 Å². The maximum atomic E-state index is 10.9. The number of rotatable bonds is 13. The van der Waals surface area contributed by atoms with E-state index >= 15 is 0 Å². The number of para-hydroxylation sites is 1.